The van der Waals surface area contributed by atoms with Crippen molar-refractivity contribution in [1.29, 1.82) is 5.26 Å². The third kappa shape index (κ3) is 3.25. The highest BCUT2D eigenvalue weighted by molar-refractivity contribution is 5.88. The quantitative estimate of drug-likeness (QED) is 0.825. The zero-order valence-corrected chi connectivity index (χ0v) is 13.3. The van der Waals surface area contributed by atoms with Crippen LogP contribution in [-0.2, 0) is 24.6 Å². The van der Waals surface area contributed by atoms with Gasteiger partial charge >= 0.3 is 0 Å². The van der Waals surface area contributed by atoms with Crippen LogP contribution in [0.3, 0.4) is 0 Å². The molecule has 2 heterocycles. The van der Waals surface area contributed by atoms with E-state index < -0.39 is 0 Å². The Hall–Kier alpha value is -2.65. The minimum Gasteiger partial charge on any atom is -0.383 e. The van der Waals surface area contributed by atoms with Crippen molar-refractivity contribution in [3.8, 4) is 6.07 Å². The second kappa shape index (κ2) is 6.63. The number of rotatable bonds is 6. The van der Waals surface area contributed by atoms with Gasteiger partial charge in [-0.3, -0.25) is 9.67 Å². The summed E-state index contributed by atoms with van der Waals surface area (Å²) >= 11 is 0. The summed E-state index contributed by atoms with van der Waals surface area (Å²) in [6.45, 7) is 1.30. The topological polar surface area (TPSA) is 75.8 Å². The van der Waals surface area contributed by atoms with E-state index in [1.165, 1.54) is 0 Å². The van der Waals surface area contributed by atoms with Gasteiger partial charge < -0.3 is 10.1 Å². The maximum absolute atomic E-state index is 9.31. The SMILES string of the molecule is COCCNc1cc(Cc2cnn(C)c2)nc2c1C(C#N)=CC2. The molecule has 1 N–H and O–H groups in total. The van der Waals surface area contributed by atoms with Crippen molar-refractivity contribution in [3.63, 3.8) is 0 Å². The van der Waals surface area contributed by atoms with Gasteiger partial charge in [-0.25, -0.2) is 0 Å². The second-order valence-corrected chi connectivity index (χ2v) is 5.54. The van der Waals surface area contributed by atoms with E-state index in [4.69, 9.17) is 9.72 Å². The molecule has 0 saturated heterocycles. The number of nitrogens with one attached hydrogen (secondary N) is 1. The molecule has 0 bridgehead atoms. The van der Waals surface area contributed by atoms with Crippen LogP contribution >= 0.6 is 0 Å². The van der Waals surface area contributed by atoms with Crippen molar-refractivity contribution >= 4 is 11.3 Å². The summed E-state index contributed by atoms with van der Waals surface area (Å²) in [7, 11) is 3.58. The van der Waals surface area contributed by atoms with E-state index in [1.54, 1.807) is 11.8 Å². The van der Waals surface area contributed by atoms with Gasteiger partial charge in [0, 0.05) is 56.7 Å². The lowest BCUT2D eigenvalue weighted by atomic mass is 10.1. The van der Waals surface area contributed by atoms with E-state index >= 15 is 0 Å². The predicted molar refractivity (Wildman–Crippen MR) is 87.9 cm³/mol. The molecule has 0 fully saturated rings. The van der Waals surface area contributed by atoms with Crippen molar-refractivity contribution < 1.29 is 4.74 Å². The summed E-state index contributed by atoms with van der Waals surface area (Å²) in [5, 5.41) is 16.9. The molecular weight excluding hydrogens is 290 g/mol. The van der Waals surface area contributed by atoms with Crippen LogP contribution in [-0.4, -0.2) is 35.0 Å². The lowest BCUT2D eigenvalue weighted by Gasteiger charge is -2.13. The molecule has 23 heavy (non-hydrogen) atoms. The second-order valence-electron chi connectivity index (χ2n) is 5.54. The minimum atomic E-state index is 0.612. The third-order valence-corrected chi connectivity index (χ3v) is 3.80. The number of nitrogens with zero attached hydrogens (tertiary/aromatic N) is 4. The molecule has 6 heteroatoms. The van der Waals surface area contributed by atoms with Gasteiger partial charge in [0.1, 0.15) is 0 Å². The number of pyridine rings is 1. The molecule has 0 atom stereocenters. The standard InChI is InChI=1S/C17H19N5O/c1-22-11-12(10-20-22)7-14-8-16(19-5-6-23-2)17-13(9-18)3-4-15(17)21-14/h3,8,10-11H,4-7H2,1-2H3,(H,19,21). The Morgan fingerprint density at radius 3 is 3.04 bits per heavy atom. The first kappa shape index (κ1) is 15.3. The molecule has 1 aliphatic rings. The van der Waals surface area contributed by atoms with E-state index in [0.717, 1.165) is 34.6 Å². The molecule has 3 rings (SSSR count). The molecule has 118 valence electrons. The lowest BCUT2D eigenvalue weighted by molar-refractivity contribution is 0.211. The fraction of sp³-hybridized carbons (Fsp3) is 0.353. The number of nitriles is 1. The highest BCUT2D eigenvalue weighted by Gasteiger charge is 2.21. The number of methoxy groups -OCH3 is 1. The maximum Gasteiger partial charge on any atom is 0.0996 e. The number of hydrogen-bond acceptors (Lipinski definition) is 5. The summed E-state index contributed by atoms with van der Waals surface area (Å²) in [5.74, 6) is 0. The van der Waals surface area contributed by atoms with Gasteiger partial charge in [0.2, 0.25) is 0 Å². The van der Waals surface area contributed by atoms with Gasteiger partial charge in [-0.15, -0.1) is 0 Å². The molecule has 0 amide bonds. The number of aryl methyl sites for hydroxylation is 1. The van der Waals surface area contributed by atoms with Crippen molar-refractivity contribution in [3.05, 3.63) is 47.1 Å². The maximum atomic E-state index is 9.31. The van der Waals surface area contributed by atoms with Gasteiger partial charge in [-0.1, -0.05) is 6.08 Å². The van der Waals surface area contributed by atoms with Gasteiger partial charge in [0.05, 0.1) is 30.1 Å². The van der Waals surface area contributed by atoms with Crippen LogP contribution in [0.2, 0.25) is 0 Å². The zero-order valence-electron chi connectivity index (χ0n) is 13.3. The number of anilines is 1. The van der Waals surface area contributed by atoms with Gasteiger partial charge in [-0.05, 0) is 11.6 Å². The highest BCUT2D eigenvalue weighted by atomic mass is 16.5. The average Bonchev–Trinajstić information content (AvgIpc) is 3.13. The first-order valence-electron chi connectivity index (χ1n) is 7.55. The Balaban J connectivity index is 1.91. The minimum absolute atomic E-state index is 0.612. The van der Waals surface area contributed by atoms with Crippen LogP contribution in [0.15, 0.2) is 24.5 Å². The summed E-state index contributed by atoms with van der Waals surface area (Å²) < 4.78 is 6.88. The Morgan fingerprint density at radius 2 is 2.35 bits per heavy atom. The monoisotopic (exact) mass is 309 g/mol. The molecule has 0 saturated carbocycles. The molecule has 0 unspecified atom stereocenters. The third-order valence-electron chi connectivity index (χ3n) is 3.80. The summed E-state index contributed by atoms with van der Waals surface area (Å²) in [6, 6.07) is 4.29. The van der Waals surface area contributed by atoms with Crippen molar-refractivity contribution in [2.75, 3.05) is 25.6 Å². The molecule has 0 aliphatic heterocycles. The van der Waals surface area contributed by atoms with Gasteiger partial charge in [-0.2, -0.15) is 10.4 Å². The van der Waals surface area contributed by atoms with Crippen LogP contribution in [0.25, 0.3) is 5.57 Å². The van der Waals surface area contributed by atoms with Crippen molar-refractivity contribution in [1.82, 2.24) is 14.8 Å². The first-order chi connectivity index (χ1) is 11.2. The van der Waals surface area contributed by atoms with Crippen LogP contribution in [0.5, 0.6) is 0 Å². The molecule has 0 radical (unpaired) electrons. The normalized spacial score (nSPS) is 12.7. The van der Waals surface area contributed by atoms with E-state index in [9.17, 15) is 5.26 Å². The predicted octanol–water partition coefficient (Wildman–Crippen LogP) is 1.93. The Bertz CT molecular complexity index is 785. The van der Waals surface area contributed by atoms with E-state index in [0.29, 0.717) is 25.1 Å². The first-order valence-corrected chi connectivity index (χ1v) is 7.55. The van der Waals surface area contributed by atoms with E-state index in [1.807, 2.05) is 31.6 Å². The van der Waals surface area contributed by atoms with Crippen LogP contribution in [0, 0.1) is 11.3 Å². The summed E-state index contributed by atoms with van der Waals surface area (Å²) in [4.78, 5) is 4.73. The molecule has 1 aliphatic carbocycles. The number of hydrogen-bond donors (Lipinski definition) is 1. The average molecular weight is 309 g/mol. The molecule has 2 aromatic rings. The van der Waals surface area contributed by atoms with E-state index in [-0.39, 0.29) is 0 Å². The molecule has 6 nitrogen and oxygen atoms in total. The summed E-state index contributed by atoms with van der Waals surface area (Å²) in [5.41, 5.74) is 5.64. The lowest BCUT2D eigenvalue weighted by Crippen LogP contribution is -2.11. The highest BCUT2D eigenvalue weighted by Crippen LogP contribution is 2.33. The fourth-order valence-corrected chi connectivity index (χ4v) is 2.80. The number of aromatic nitrogens is 3. The number of fused-ring (bicyclic) bond motifs is 1. The summed E-state index contributed by atoms with van der Waals surface area (Å²) in [6.07, 6.45) is 7.21. The van der Waals surface area contributed by atoms with Gasteiger partial charge in [0.25, 0.3) is 0 Å². The van der Waals surface area contributed by atoms with Crippen molar-refractivity contribution in [2.24, 2.45) is 7.05 Å². The van der Waals surface area contributed by atoms with Crippen LogP contribution in [0.4, 0.5) is 5.69 Å². The van der Waals surface area contributed by atoms with Crippen molar-refractivity contribution in [2.45, 2.75) is 12.8 Å². The Kier molecular flexibility index (Phi) is 4.40. The number of allylic oxidation sites excluding steroid dienone is 2. The van der Waals surface area contributed by atoms with Gasteiger partial charge in [0.15, 0.2) is 0 Å². The molecule has 2 aromatic heterocycles. The Labute approximate surface area is 135 Å². The molecule has 0 aromatic carbocycles. The van der Waals surface area contributed by atoms with E-state index in [2.05, 4.69) is 16.5 Å². The largest absolute Gasteiger partial charge is 0.383 e. The van der Waals surface area contributed by atoms with Crippen LogP contribution in [0.1, 0.15) is 22.5 Å². The Morgan fingerprint density at radius 1 is 1.48 bits per heavy atom. The smallest absolute Gasteiger partial charge is 0.0996 e. The fourth-order valence-electron chi connectivity index (χ4n) is 2.80. The van der Waals surface area contributed by atoms with Crippen LogP contribution < -0.4 is 5.32 Å². The molecule has 0 spiro atoms. The molecular formula is C17H19N5O. The number of ether oxygens (including phenoxy) is 1. The zero-order chi connectivity index (χ0) is 16.2.